The summed E-state index contributed by atoms with van der Waals surface area (Å²) < 4.78 is 0. The van der Waals surface area contributed by atoms with Crippen molar-refractivity contribution in [3.8, 4) is 0 Å². The van der Waals surface area contributed by atoms with E-state index in [0.29, 0.717) is 11.4 Å². The van der Waals surface area contributed by atoms with Crippen LogP contribution in [0.5, 0.6) is 0 Å². The SMILES string of the molecule is CC(=O)Nc1ccc(NC(=O)CC(C)(C)CC(=O)O)cc1. The summed E-state index contributed by atoms with van der Waals surface area (Å²) >= 11 is 0. The van der Waals surface area contributed by atoms with Gasteiger partial charge in [0, 0.05) is 24.7 Å². The van der Waals surface area contributed by atoms with Gasteiger partial charge in [-0.05, 0) is 29.7 Å². The quantitative estimate of drug-likeness (QED) is 0.750. The first-order valence-corrected chi connectivity index (χ1v) is 6.57. The first-order valence-electron chi connectivity index (χ1n) is 6.57. The summed E-state index contributed by atoms with van der Waals surface area (Å²) in [5.41, 5.74) is 0.637. The normalized spacial score (nSPS) is 10.8. The molecule has 0 bridgehead atoms. The van der Waals surface area contributed by atoms with Crippen molar-refractivity contribution in [1.29, 1.82) is 0 Å². The minimum atomic E-state index is -0.924. The number of aliphatic carboxylic acids is 1. The fourth-order valence-electron chi connectivity index (χ4n) is 1.95. The fraction of sp³-hybridized carbons (Fsp3) is 0.400. The molecule has 21 heavy (non-hydrogen) atoms. The largest absolute Gasteiger partial charge is 0.481 e. The monoisotopic (exact) mass is 292 g/mol. The van der Waals surface area contributed by atoms with E-state index in [1.54, 1.807) is 38.1 Å². The Kier molecular flexibility index (Phi) is 5.46. The minimum absolute atomic E-state index is 0.0676. The van der Waals surface area contributed by atoms with Crippen LogP contribution < -0.4 is 10.6 Å². The van der Waals surface area contributed by atoms with E-state index in [1.165, 1.54) is 6.92 Å². The average Bonchev–Trinajstić information content (AvgIpc) is 2.28. The third-order valence-corrected chi connectivity index (χ3v) is 2.76. The zero-order chi connectivity index (χ0) is 16.0. The van der Waals surface area contributed by atoms with Crippen LogP contribution in [0.2, 0.25) is 0 Å². The Morgan fingerprint density at radius 1 is 1.00 bits per heavy atom. The molecule has 6 nitrogen and oxygen atoms in total. The molecule has 3 N–H and O–H groups in total. The van der Waals surface area contributed by atoms with Gasteiger partial charge in [0.15, 0.2) is 0 Å². The molecule has 114 valence electrons. The Morgan fingerprint density at radius 2 is 1.48 bits per heavy atom. The summed E-state index contributed by atoms with van der Waals surface area (Å²) in [6.45, 7) is 4.89. The van der Waals surface area contributed by atoms with Crippen molar-refractivity contribution in [3.63, 3.8) is 0 Å². The van der Waals surface area contributed by atoms with Gasteiger partial charge < -0.3 is 15.7 Å². The molecule has 0 atom stereocenters. The predicted molar refractivity (Wildman–Crippen MR) is 80.0 cm³/mol. The van der Waals surface area contributed by atoms with Gasteiger partial charge in [0.25, 0.3) is 0 Å². The number of hydrogen-bond acceptors (Lipinski definition) is 3. The molecule has 0 saturated heterocycles. The van der Waals surface area contributed by atoms with Crippen LogP contribution in [0.15, 0.2) is 24.3 Å². The molecular formula is C15H20N2O4. The lowest BCUT2D eigenvalue weighted by Crippen LogP contribution is -2.24. The van der Waals surface area contributed by atoms with Crippen LogP contribution in [-0.2, 0) is 14.4 Å². The Morgan fingerprint density at radius 3 is 1.90 bits per heavy atom. The van der Waals surface area contributed by atoms with Crippen LogP contribution in [0.3, 0.4) is 0 Å². The van der Waals surface area contributed by atoms with Crippen molar-refractivity contribution in [2.24, 2.45) is 5.41 Å². The van der Waals surface area contributed by atoms with Crippen LogP contribution in [-0.4, -0.2) is 22.9 Å². The lowest BCUT2D eigenvalue weighted by atomic mass is 9.85. The average molecular weight is 292 g/mol. The number of carboxylic acids is 1. The first kappa shape index (κ1) is 16.7. The molecule has 0 unspecified atom stereocenters. The highest BCUT2D eigenvalue weighted by atomic mass is 16.4. The number of carboxylic acid groups (broad SMARTS) is 1. The molecule has 1 rings (SSSR count). The zero-order valence-electron chi connectivity index (χ0n) is 12.4. The molecule has 0 spiro atoms. The summed E-state index contributed by atoms with van der Waals surface area (Å²) in [6, 6.07) is 6.71. The predicted octanol–water partition coefficient (Wildman–Crippen LogP) is 2.47. The summed E-state index contributed by atoms with van der Waals surface area (Å²) in [5.74, 6) is -1.33. The van der Waals surface area contributed by atoms with E-state index in [-0.39, 0.29) is 24.7 Å². The number of benzene rings is 1. The van der Waals surface area contributed by atoms with Gasteiger partial charge in [-0.3, -0.25) is 14.4 Å². The zero-order valence-corrected chi connectivity index (χ0v) is 12.4. The fourth-order valence-corrected chi connectivity index (χ4v) is 1.95. The number of amides is 2. The van der Waals surface area contributed by atoms with E-state index >= 15 is 0 Å². The first-order chi connectivity index (χ1) is 9.68. The van der Waals surface area contributed by atoms with Gasteiger partial charge in [-0.15, -0.1) is 0 Å². The Hall–Kier alpha value is -2.37. The summed E-state index contributed by atoms with van der Waals surface area (Å²) in [5, 5.41) is 14.1. The maximum absolute atomic E-state index is 11.9. The molecular weight excluding hydrogens is 272 g/mol. The molecule has 1 aromatic rings. The molecule has 6 heteroatoms. The maximum Gasteiger partial charge on any atom is 0.303 e. The molecule has 0 heterocycles. The lowest BCUT2D eigenvalue weighted by molar-refractivity contribution is -0.139. The maximum atomic E-state index is 11.9. The summed E-state index contributed by atoms with van der Waals surface area (Å²) in [7, 11) is 0. The van der Waals surface area contributed by atoms with E-state index in [0.717, 1.165) is 0 Å². The number of hydrogen-bond donors (Lipinski definition) is 3. The van der Waals surface area contributed by atoms with Gasteiger partial charge in [-0.25, -0.2) is 0 Å². The van der Waals surface area contributed by atoms with Crippen molar-refractivity contribution in [1.82, 2.24) is 0 Å². The molecule has 0 fully saturated rings. The standard InChI is InChI=1S/C15H20N2O4/c1-10(18)16-11-4-6-12(7-5-11)17-13(19)8-15(2,3)9-14(20)21/h4-7H,8-9H2,1-3H3,(H,16,18)(H,17,19)(H,20,21). The van der Waals surface area contributed by atoms with Crippen LogP contribution >= 0.6 is 0 Å². The third kappa shape index (κ3) is 6.56. The molecule has 0 aliphatic heterocycles. The van der Waals surface area contributed by atoms with Gasteiger partial charge in [-0.2, -0.15) is 0 Å². The van der Waals surface area contributed by atoms with Gasteiger partial charge in [-0.1, -0.05) is 13.8 Å². The van der Waals surface area contributed by atoms with Crippen molar-refractivity contribution >= 4 is 29.2 Å². The van der Waals surface area contributed by atoms with Gasteiger partial charge in [0.05, 0.1) is 6.42 Å². The van der Waals surface area contributed by atoms with Gasteiger partial charge >= 0.3 is 5.97 Å². The highest BCUT2D eigenvalue weighted by molar-refractivity contribution is 5.92. The molecule has 1 aromatic carbocycles. The number of carbonyl (C=O) groups excluding carboxylic acids is 2. The van der Waals surface area contributed by atoms with Gasteiger partial charge in [0.2, 0.25) is 11.8 Å². The summed E-state index contributed by atoms with van der Waals surface area (Å²) in [4.78, 5) is 33.5. The Bertz CT molecular complexity index is 535. The van der Waals surface area contributed by atoms with Crippen molar-refractivity contribution in [2.45, 2.75) is 33.6 Å². The molecule has 0 aliphatic rings. The highest BCUT2D eigenvalue weighted by Crippen LogP contribution is 2.25. The molecule has 0 aromatic heterocycles. The van der Waals surface area contributed by atoms with Gasteiger partial charge in [0.1, 0.15) is 0 Å². The second-order valence-electron chi connectivity index (χ2n) is 5.72. The Labute approximate surface area is 123 Å². The van der Waals surface area contributed by atoms with E-state index in [4.69, 9.17) is 5.11 Å². The molecule has 0 radical (unpaired) electrons. The van der Waals surface area contributed by atoms with E-state index in [9.17, 15) is 14.4 Å². The molecule has 0 saturated carbocycles. The van der Waals surface area contributed by atoms with E-state index < -0.39 is 11.4 Å². The number of rotatable bonds is 6. The second-order valence-corrected chi connectivity index (χ2v) is 5.72. The third-order valence-electron chi connectivity index (χ3n) is 2.76. The van der Waals surface area contributed by atoms with Crippen LogP contribution in [0.25, 0.3) is 0 Å². The van der Waals surface area contributed by atoms with E-state index in [2.05, 4.69) is 10.6 Å². The second kappa shape index (κ2) is 6.88. The Balaban J connectivity index is 2.58. The molecule has 0 aliphatic carbocycles. The van der Waals surface area contributed by atoms with Crippen molar-refractivity contribution in [3.05, 3.63) is 24.3 Å². The van der Waals surface area contributed by atoms with E-state index in [1.807, 2.05) is 0 Å². The minimum Gasteiger partial charge on any atom is -0.481 e. The molecule has 2 amide bonds. The highest BCUT2D eigenvalue weighted by Gasteiger charge is 2.25. The number of anilines is 2. The van der Waals surface area contributed by atoms with Crippen LogP contribution in [0.4, 0.5) is 11.4 Å². The summed E-state index contributed by atoms with van der Waals surface area (Å²) in [6.07, 6.45) is 0.0502. The number of carbonyl (C=O) groups is 3. The number of nitrogens with one attached hydrogen (secondary N) is 2. The van der Waals surface area contributed by atoms with Crippen LogP contribution in [0, 0.1) is 5.41 Å². The van der Waals surface area contributed by atoms with Crippen molar-refractivity contribution < 1.29 is 19.5 Å². The van der Waals surface area contributed by atoms with Crippen molar-refractivity contribution in [2.75, 3.05) is 10.6 Å². The smallest absolute Gasteiger partial charge is 0.303 e. The topological polar surface area (TPSA) is 95.5 Å². The van der Waals surface area contributed by atoms with Crippen LogP contribution in [0.1, 0.15) is 33.6 Å². The lowest BCUT2D eigenvalue weighted by Gasteiger charge is -2.21.